The molecule has 110 valence electrons. The van der Waals surface area contributed by atoms with Crippen molar-refractivity contribution in [2.24, 2.45) is 5.92 Å². The summed E-state index contributed by atoms with van der Waals surface area (Å²) < 4.78 is 18.5. The predicted octanol–water partition coefficient (Wildman–Crippen LogP) is 1.87. The fourth-order valence-electron chi connectivity index (χ4n) is 2.16. The topological polar surface area (TPSA) is 58.6 Å². The highest BCUT2D eigenvalue weighted by atomic mass is 19.1. The SMILES string of the molecule is CC(Oc1cccc(F)c1)C(=O)NC(CCO)C1CC1. The molecule has 0 aliphatic heterocycles. The lowest BCUT2D eigenvalue weighted by atomic mass is 10.1. The molecule has 1 amide bonds. The van der Waals surface area contributed by atoms with Crippen molar-refractivity contribution >= 4 is 5.91 Å². The third kappa shape index (κ3) is 4.20. The quantitative estimate of drug-likeness (QED) is 0.802. The number of nitrogens with one attached hydrogen (secondary N) is 1. The Labute approximate surface area is 117 Å². The molecule has 1 aromatic rings. The molecule has 2 N–H and O–H groups in total. The standard InChI is InChI=1S/C15H20FNO3/c1-10(20-13-4-2-3-12(16)9-13)15(19)17-14(7-8-18)11-5-6-11/h2-4,9-11,14,18H,5-8H2,1H3,(H,17,19). The van der Waals surface area contributed by atoms with Gasteiger partial charge < -0.3 is 15.2 Å². The van der Waals surface area contributed by atoms with Crippen LogP contribution in [0.3, 0.4) is 0 Å². The molecule has 1 aliphatic carbocycles. The van der Waals surface area contributed by atoms with Gasteiger partial charge in [-0.05, 0) is 44.2 Å². The summed E-state index contributed by atoms with van der Waals surface area (Å²) in [5, 5.41) is 11.9. The van der Waals surface area contributed by atoms with Crippen LogP contribution in [0, 0.1) is 11.7 Å². The van der Waals surface area contributed by atoms with Crippen LogP contribution < -0.4 is 10.1 Å². The summed E-state index contributed by atoms with van der Waals surface area (Å²) in [4.78, 5) is 12.0. The first kappa shape index (κ1) is 14.8. The van der Waals surface area contributed by atoms with E-state index in [1.165, 1.54) is 18.2 Å². The van der Waals surface area contributed by atoms with Crippen LogP contribution in [0.5, 0.6) is 5.75 Å². The summed E-state index contributed by atoms with van der Waals surface area (Å²) in [6, 6.07) is 5.72. The van der Waals surface area contributed by atoms with Crippen molar-refractivity contribution in [1.29, 1.82) is 0 Å². The fraction of sp³-hybridized carbons (Fsp3) is 0.533. The van der Waals surface area contributed by atoms with Gasteiger partial charge in [-0.2, -0.15) is 0 Å². The number of ether oxygens (including phenoxy) is 1. The zero-order valence-corrected chi connectivity index (χ0v) is 11.5. The van der Waals surface area contributed by atoms with Gasteiger partial charge in [0, 0.05) is 18.7 Å². The van der Waals surface area contributed by atoms with Crippen LogP contribution in [0.25, 0.3) is 0 Å². The van der Waals surface area contributed by atoms with Gasteiger partial charge in [-0.15, -0.1) is 0 Å². The van der Waals surface area contributed by atoms with Gasteiger partial charge in [0.1, 0.15) is 11.6 Å². The van der Waals surface area contributed by atoms with Crippen molar-refractivity contribution in [2.45, 2.75) is 38.3 Å². The van der Waals surface area contributed by atoms with E-state index in [2.05, 4.69) is 5.32 Å². The highest BCUT2D eigenvalue weighted by molar-refractivity contribution is 5.81. The van der Waals surface area contributed by atoms with Gasteiger partial charge in [0.05, 0.1) is 0 Å². The minimum absolute atomic E-state index is 0.00561. The number of aliphatic hydroxyl groups is 1. The molecule has 5 heteroatoms. The maximum atomic E-state index is 13.0. The van der Waals surface area contributed by atoms with E-state index in [0.29, 0.717) is 18.1 Å². The van der Waals surface area contributed by atoms with E-state index >= 15 is 0 Å². The highest BCUT2D eigenvalue weighted by Gasteiger charge is 2.32. The van der Waals surface area contributed by atoms with E-state index in [1.807, 2.05) is 0 Å². The minimum Gasteiger partial charge on any atom is -0.481 e. The molecule has 4 nitrogen and oxygen atoms in total. The molecular formula is C15H20FNO3. The van der Waals surface area contributed by atoms with E-state index in [0.717, 1.165) is 12.8 Å². The van der Waals surface area contributed by atoms with Crippen molar-refractivity contribution in [3.63, 3.8) is 0 Å². The van der Waals surface area contributed by atoms with E-state index in [-0.39, 0.29) is 18.6 Å². The Balaban J connectivity index is 1.87. The first-order chi connectivity index (χ1) is 9.60. The summed E-state index contributed by atoms with van der Waals surface area (Å²) in [7, 11) is 0. The lowest BCUT2D eigenvalue weighted by Crippen LogP contribution is -2.44. The molecule has 1 aliphatic rings. The molecule has 2 atom stereocenters. The molecule has 0 spiro atoms. The molecule has 0 saturated heterocycles. The lowest BCUT2D eigenvalue weighted by molar-refractivity contribution is -0.128. The van der Waals surface area contributed by atoms with Crippen molar-refractivity contribution in [3.05, 3.63) is 30.1 Å². The van der Waals surface area contributed by atoms with Crippen molar-refractivity contribution < 1.29 is 19.0 Å². The summed E-state index contributed by atoms with van der Waals surface area (Å²) >= 11 is 0. The molecular weight excluding hydrogens is 261 g/mol. The second kappa shape index (κ2) is 6.70. The number of rotatable bonds is 7. The Kier molecular flexibility index (Phi) is 4.95. The largest absolute Gasteiger partial charge is 0.481 e. The van der Waals surface area contributed by atoms with Gasteiger partial charge >= 0.3 is 0 Å². The highest BCUT2D eigenvalue weighted by Crippen LogP contribution is 2.34. The van der Waals surface area contributed by atoms with Crippen molar-refractivity contribution in [3.8, 4) is 5.75 Å². The van der Waals surface area contributed by atoms with Crippen LogP contribution >= 0.6 is 0 Å². The summed E-state index contributed by atoms with van der Waals surface area (Å²) in [6.07, 6.45) is 2.04. The van der Waals surface area contributed by atoms with Crippen LogP contribution in [0.4, 0.5) is 4.39 Å². The molecule has 1 saturated carbocycles. The molecule has 2 rings (SSSR count). The zero-order valence-electron chi connectivity index (χ0n) is 11.5. The monoisotopic (exact) mass is 281 g/mol. The minimum atomic E-state index is -0.697. The van der Waals surface area contributed by atoms with Crippen LogP contribution in [0.2, 0.25) is 0 Å². The Bertz CT molecular complexity index is 462. The first-order valence-corrected chi connectivity index (χ1v) is 6.93. The molecule has 0 radical (unpaired) electrons. The number of hydrogen-bond donors (Lipinski definition) is 2. The maximum absolute atomic E-state index is 13.0. The van der Waals surface area contributed by atoms with E-state index in [4.69, 9.17) is 9.84 Å². The second-order valence-corrected chi connectivity index (χ2v) is 5.18. The Morgan fingerprint density at radius 3 is 2.90 bits per heavy atom. The van der Waals surface area contributed by atoms with Crippen molar-refractivity contribution in [2.75, 3.05) is 6.61 Å². The average molecular weight is 281 g/mol. The van der Waals surface area contributed by atoms with Gasteiger partial charge in [0.25, 0.3) is 5.91 Å². The fourth-order valence-corrected chi connectivity index (χ4v) is 2.16. The first-order valence-electron chi connectivity index (χ1n) is 6.93. The molecule has 0 heterocycles. The number of carbonyl (C=O) groups excluding carboxylic acids is 1. The van der Waals surface area contributed by atoms with Crippen molar-refractivity contribution in [1.82, 2.24) is 5.32 Å². The van der Waals surface area contributed by atoms with E-state index < -0.39 is 11.9 Å². The van der Waals surface area contributed by atoms with Crippen LogP contribution in [-0.2, 0) is 4.79 Å². The molecule has 0 aromatic heterocycles. The third-order valence-corrected chi connectivity index (χ3v) is 3.44. The Hall–Kier alpha value is -1.62. The smallest absolute Gasteiger partial charge is 0.261 e. The number of hydrogen-bond acceptors (Lipinski definition) is 3. The van der Waals surface area contributed by atoms with E-state index in [1.54, 1.807) is 13.0 Å². The lowest BCUT2D eigenvalue weighted by Gasteiger charge is -2.20. The number of amides is 1. The summed E-state index contributed by atoms with van der Waals surface area (Å²) in [6.45, 7) is 1.68. The Morgan fingerprint density at radius 1 is 1.55 bits per heavy atom. The number of halogens is 1. The Morgan fingerprint density at radius 2 is 2.30 bits per heavy atom. The zero-order chi connectivity index (χ0) is 14.5. The summed E-state index contributed by atoms with van der Waals surface area (Å²) in [5.41, 5.74) is 0. The number of benzene rings is 1. The molecule has 20 heavy (non-hydrogen) atoms. The normalized spacial score (nSPS) is 17.4. The number of carbonyl (C=O) groups is 1. The second-order valence-electron chi connectivity index (χ2n) is 5.18. The number of aliphatic hydroxyl groups excluding tert-OH is 1. The predicted molar refractivity (Wildman–Crippen MR) is 72.8 cm³/mol. The van der Waals surface area contributed by atoms with Crippen LogP contribution in [0.1, 0.15) is 26.2 Å². The van der Waals surface area contributed by atoms with Gasteiger partial charge in [-0.1, -0.05) is 6.07 Å². The van der Waals surface area contributed by atoms with Gasteiger partial charge in [0.15, 0.2) is 6.10 Å². The maximum Gasteiger partial charge on any atom is 0.261 e. The van der Waals surface area contributed by atoms with Gasteiger partial charge in [-0.3, -0.25) is 4.79 Å². The molecule has 2 unspecified atom stereocenters. The van der Waals surface area contributed by atoms with Crippen LogP contribution in [-0.4, -0.2) is 29.8 Å². The molecule has 1 fully saturated rings. The van der Waals surface area contributed by atoms with Gasteiger partial charge in [0.2, 0.25) is 0 Å². The van der Waals surface area contributed by atoms with E-state index in [9.17, 15) is 9.18 Å². The van der Waals surface area contributed by atoms with Gasteiger partial charge in [-0.25, -0.2) is 4.39 Å². The molecule has 1 aromatic carbocycles. The molecule has 0 bridgehead atoms. The summed E-state index contributed by atoms with van der Waals surface area (Å²) in [5.74, 6) is 0.163. The average Bonchev–Trinajstić information content (AvgIpc) is 3.22. The third-order valence-electron chi connectivity index (χ3n) is 3.44. The van der Waals surface area contributed by atoms with Crippen LogP contribution in [0.15, 0.2) is 24.3 Å².